The highest BCUT2D eigenvalue weighted by Crippen LogP contribution is 2.54. The average Bonchev–Trinajstić information content (AvgIpc) is 3.13. The summed E-state index contributed by atoms with van der Waals surface area (Å²) in [7, 11) is -2.02. The van der Waals surface area contributed by atoms with Crippen LogP contribution in [-0.2, 0) is 0 Å². The van der Waals surface area contributed by atoms with Crippen LogP contribution in [0.15, 0.2) is 140 Å². The Hall–Kier alpha value is -5.72. The predicted octanol–water partition coefficient (Wildman–Crippen LogP) is 8.58. The van der Waals surface area contributed by atoms with E-state index < -0.39 is 8.07 Å². The van der Waals surface area contributed by atoms with E-state index in [1.807, 2.05) is 24.3 Å². The Morgan fingerprint density at radius 3 is 2.08 bits per heavy atom. The third kappa shape index (κ3) is 3.30. The number of nitrogens with zero attached hydrogens (tertiary/aromatic N) is 2. The van der Waals surface area contributed by atoms with Crippen molar-refractivity contribution in [3.05, 3.63) is 140 Å². The molecule has 6 heteroatoms. The maximum atomic E-state index is 6.55. The Bertz CT molecular complexity index is 2530. The maximum Gasteiger partial charge on any atom is 0.333 e. The topological polar surface area (TPSA) is 24.9 Å². The van der Waals surface area contributed by atoms with Gasteiger partial charge in [-0.1, -0.05) is 104 Å². The molecule has 0 spiro atoms. The molecular formula is C42H29BN2O2Si. The van der Waals surface area contributed by atoms with Crippen LogP contribution in [0.2, 0.25) is 13.1 Å². The number of benzene rings is 7. The van der Waals surface area contributed by atoms with E-state index in [0.717, 1.165) is 39.9 Å². The lowest BCUT2D eigenvalue weighted by Gasteiger charge is -2.50. The quantitative estimate of drug-likeness (QED) is 0.169. The fraction of sp³-hybridized carbons (Fsp3) is 0.0476. The number of hydrogen-bond acceptors (Lipinski definition) is 4. The van der Waals surface area contributed by atoms with Crippen molar-refractivity contribution in [2.45, 2.75) is 13.1 Å². The van der Waals surface area contributed by atoms with Crippen LogP contribution < -0.4 is 40.5 Å². The van der Waals surface area contributed by atoms with E-state index in [2.05, 4.69) is 138 Å². The Morgan fingerprint density at radius 1 is 0.562 bits per heavy atom. The Labute approximate surface area is 280 Å². The van der Waals surface area contributed by atoms with Crippen molar-refractivity contribution in [3.63, 3.8) is 0 Å². The molecule has 11 rings (SSSR count). The van der Waals surface area contributed by atoms with Crippen LogP contribution in [0, 0.1) is 0 Å². The Balaban J connectivity index is 1.30. The molecule has 0 atom stereocenters. The van der Waals surface area contributed by atoms with Crippen LogP contribution in [0.3, 0.4) is 0 Å². The third-order valence-corrected chi connectivity index (χ3v) is 14.4. The van der Waals surface area contributed by atoms with E-state index in [1.165, 1.54) is 54.7 Å². The van der Waals surface area contributed by atoms with E-state index in [-0.39, 0.29) is 6.85 Å². The van der Waals surface area contributed by atoms with Crippen LogP contribution in [0.5, 0.6) is 23.0 Å². The van der Waals surface area contributed by atoms with E-state index in [9.17, 15) is 0 Å². The van der Waals surface area contributed by atoms with Gasteiger partial charge < -0.3 is 19.2 Å². The molecule has 4 heterocycles. The van der Waals surface area contributed by atoms with Crippen molar-refractivity contribution in [1.82, 2.24) is 0 Å². The normalized spacial score (nSPS) is 15.2. The summed E-state index contributed by atoms with van der Waals surface area (Å²) < 4.78 is 13.1. The molecular weight excluding hydrogens is 603 g/mol. The zero-order chi connectivity index (χ0) is 31.7. The van der Waals surface area contributed by atoms with Crippen molar-refractivity contribution < 1.29 is 9.47 Å². The van der Waals surface area contributed by atoms with Gasteiger partial charge in [-0.3, -0.25) is 0 Å². The number of anilines is 5. The minimum atomic E-state index is -2.02. The summed E-state index contributed by atoms with van der Waals surface area (Å²) in [4.78, 5) is 5.13. The molecule has 0 amide bonds. The zero-order valence-electron chi connectivity index (χ0n) is 26.6. The standard InChI is InChI=1S/C42H29BN2O2Si/c1-48(2)38-21-11-8-18-31(38)44-33-23-26-13-6-7-16-28(26)40-29-24-36-37(47-35-20-10-9-19-34(35)46-36)25-32(29)45(27-14-4-3-5-15-27)43(41(33)40)30-17-12-22-39(48)42(30)44/h3-25H,1-2H3. The van der Waals surface area contributed by atoms with Crippen molar-refractivity contribution in [2.75, 3.05) is 9.71 Å². The summed E-state index contributed by atoms with van der Waals surface area (Å²) in [6, 6.07) is 50.6. The summed E-state index contributed by atoms with van der Waals surface area (Å²) in [5.74, 6) is 2.93. The summed E-state index contributed by atoms with van der Waals surface area (Å²) in [5.41, 5.74) is 11.2. The molecule has 0 saturated heterocycles. The first-order chi connectivity index (χ1) is 23.6. The zero-order valence-corrected chi connectivity index (χ0v) is 27.6. The molecule has 7 aromatic rings. The average molecular weight is 633 g/mol. The van der Waals surface area contributed by atoms with Crippen LogP contribution in [0.1, 0.15) is 0 Å². The SMILES string of the molecule is C[Si]1(C)c2ccccc2N2c3cc4ccccc4c4c3B(c3cccc1c32)N(c1ccccc1)c1cc2c(cc1-4)Oc1ccccc1O2. The largest absolute Gasteiger partial charge is 0.449 e. The van der Waals surface area contributed by atoms with E-state index >= 15 is 0 Å². The van der Waals surface area contributed by atoms with E-state index in [4.69, 9.17) is 9.47 Å². The molecule has 4 aliphatic rings. The second-order valence-electron chi connectivity index (χ2n) is 13.7. The summed E-state index contributed by atoms with van der Waals surface area (Å²) in [5, 5.41) is 5.43. The molecule has 0 N–H and O–H groups in total. The minimum Gasteiger partial charge on any atom is -0.449 e. The molecule has 0 aromatic heterocycles. The number of rotatable bonds is 1. The van der Waals surface area contributed by atoms with Gasteiger partial charge in [-0.05, 0) is 80.1 Å². The number of hydrogen-bond donors (Lipinski definition) is 0. The smallest absolute Gasteiger partial charge is 0.333 e. The van der Waals surface area contributed by atoms with Gasteiger partial charge in [-0.15, -0.1) is 0 Å². The maximum absolute atomic E-state index is 6.55. The lowest BCUT2D eigenvalue weighted by atomic mass is 9.43. The Morgan fingerprint density at radius 2 is 1.25 bits per heavy atom. The van der Waals surface area contributed by atoms with Gasteiger partial charge >= 0.3 is 6.85 Å². The molecule has 4 nitrogen and oxygen atoms in total. The monoisotopic (exact) mass is 632 g/mol. The third-order valence-electron chi connectivity index (χ3n) is 10.8. The van der Waals surface area contributed by atoms with Crippen molar-refractivity contribution >= 4 is 75.4 Å². The predicted molar refractivity (Wildman–Crippen MR) is 201 cm³/mol. The van der Waals surface area contributed by atoms with Gasteiger partial charge in [0.15, 0.2) is 23.0 Å². The van der Waals surface area contributed by atoms with Gasteiger partial charge in [0, 0.05) is 40.1 Å². The highest BCUT2D eigenvalue weighted by molar-refractivity contribution is 7.04. The fourth-order valence-electron chi connectivity index (χ4n) is 8.75. The molecule has 7 aromatic carbocycles. The molecule has 0 fully saturated rings. The molecule has 4 aliphatic heterocycles. The summed E-state index contributed by atoms with van der Waals surface area (Å²) >= 11 is 0. The van der Waals surface area contributed by atoms with Gasteiger partial charge in [-0.2, -0.15) is 0 Å². The molecule has 48 heavy (non-hydrogen) atoms. The van der Waals surface area contributed by atoms with Crippen molar-refractivity contribution in [3.8, 4) is 34.1 Å². The first-order valence-electron chi connectivity index (χ1n) is 16.6. The number of ether oxygens (including phenoxy) is 2. The van der Waals surface area contributed by atoms with Gasteiger partial charge in [-0.25, -0.2) is 0 Å². The van der Waals surface area contributed by atoms with E-state index in [1.54, 1.807) is 0 Å². The lowest BCUT2D eigenvalue weighted by Crippen LogP contribution is -2.67. The van der Waals surface area contributed by atoms with E-state index in [0.29, 0.717) is 0 Å². The molecule has 0 radical (unpaired) electrons. The van der Waals surface area contributed by atoms with Crippen molar-refractivity contribution in [2.24, 2.45) is 0 Å². The molecule has 0 bridgehead atoms. The molecule has 226 valence electrons. The van der Waals surface area contributed by atoms with Crippen LogP contribution in [0.25, 0.3) is 21.9 Å². The first-order valence-corrected chi connectivity index (χ1v) is 19.6. The highest BCUT2D eigenvalue weighted by atomic mass is 28.3. The highest BCUT2D eigenvalue weighted by Gasteiger charge is 2.50. The number of para-hydroxylation sites is 5. The molecule has 0 aliphatic carbocycles. The van der Waals surface area contributed by atoms with Crippen molar-refractivity contribution in [1.29, 1.82) is 0 Å². The summed E-state index contributed by atoms with van der Waals surface area (Å²) in [6.45, 7) is 4.96. The lowest BCUT2D eigenvalue weighted by molar-refractivity contribution is 0.360. The van der Waals surface area contributed by atoms with Gasteiger partial charge in [0.1, 0.15) is 8.07 Å². The van der Waals surface area contributed by atoms with Gasteiger partial charge in [0.05, 0.1) is 0 Å². The fourth-order valence-corrected chi connectivity index (χ4v) is 11.8. The Kier molecular flexibility index (Phi) is 5.06. The molecule has 0 saturated carbocycles. The first kappa shape index (κ1) is 26.4. The van der Waals surface area contributed by atoms with Crippen LogP contribution >= 0.6 is 0 Å². The van der Waals surface area contributed by atoms with Gasteiger partial charge in [0.25, 0.3) is 0 Å². The summed E-state index contributed by atoms with van der Waals surface area (Å²) in [6.07, 6.45) is 0. The number of fused-ring (bicyclic) bond motifs is 10. The van der Waals surface area contributed by atoms with Crippen LogP contribution in [-0.4, -0.2) is 14.9 Å². The second-order valence-corrected chi connectivity index (χ2v) is 18.0. The van der Waals surface area contributed by atoms with Crippen LogP contribution in [0.4, 0.5) is 28.4 Å². The molecule has 0 unspecified atom stereocenters. The second kappa shape index (κ2) is 9.21. The minimum absolute atomic E-state index is 0.0504. The van der Waals surface area contributed by atoms with Gasteiger partial charge in [0.2, 0.25) is 0 Å².